The van der Waals surface area contributed by atoms with Gasteiger partial charge in [-0.1, -0.05) is 12.1 Å². The van der Waals surface area contributed by atoms with E-state index in [2.05, 4.69) is 9.98 Å². The SMILES string of the molecule is O=C([O-])CN=CCc1ccc(O)cc1O.O=C([O-])CN=CCc1ccc(O)cc1O.[Zn+2]. The number of hydrogen-bond acceptors (Lipinski definition) is 10. The van der Waals surface area contributed by atoms with Crippen molar-refractivity contribution < 1.29 is 59.7 Å². The van der Waals surface area contributed by atoms with Crippen LogP contribution in [0.2, 0.25) is 0 Å². The van der Waals surface area contributed by atoms with E-state index >= 15 is 0 Å². The number of carbonyl (C=O) groups excluding carboxylic acids is 2. The van der Waals surface area contributed by atoms with E-state index in [1.165, 1.54) is 48.8 Å². The second-order valence-electron chi connectivity index (χ2n) is 5.82. The molecule has 2 aromatic rings. The molecule has 0 aliphatic heterocycles. The van der Waals surface area contributed by atoms with Crippen molar-refractivity contribution in [2.24, 2.45) is 9.98 Å². The molecule has 2 aromatic carbocycles. The first-order valence-corrected chi connectivity index (χ1v) is 8.57. The molecule has 0 saturated carbocycles. The number of rotatable bonds is 8. The van der Waals surface area contributed by atoms with Gasteiger partial charge >= 0.3 is 19.5 Å². The Kier molecular flexibility index (Phi) is 12.9. The third kappa shape index (κ3) is 12.0. The number of carboxylic acid groups (broad SMARTS) is 2. The molecule has 0 aliphatic carbocycles. The van der Waals surface area contributed by atoms with E-state index in [9.17, 15) is 30.0 Å². The molecule has 4 N–H and O–H groups in total. The van der Waals surface area contributed by atoms with E-state index in [1.807, 2.05) is 0 Å². The van der Waals surface area contributed by atoms with Crippen LogP contribution >= 0.6 is 0 Å². The fraction of sp³-hybridized carbons (Fsp3) is 0.200. The van der Waals surface area contributed by atoms with Crippen molar-refractivity contribution in [3.63, 3.8) is 0 Å². The number of aromatic hydroxyl groups is 4. The number of aliphatic carboxylic acids is 2. The van der Waals surface area contributed by atoms with Crippen molar-refractivity contribution in [1.29, 1.82) is 0 Å². The van der Waals surface area contributed by atoms with Crippen LogP contribution < -0.4 is 10.2 Å². The summed E-state index contributed by atoms with van der Waals surface area (Å²) in [6.45, 7) is -0.780. The number of hydrogen-bond donors (Lipinski definition) is 4. The van der Waals surface area contributed by atoms with Crippen LogP contribution in [0.15, 0.2) is 46.4 Å². The number of carboxylic acids is 2. The van der Waals surface area contributed by atoms with Gasteiger partial charge in [0.2, 0.25) is 0 Å². The number of aliphatic imine (C=N–C) groups is 2. The van der Waals surface area contributed by atoms with Crippen LogP contribution in [0, 0.1) is 0 Å². The smallest absolute Gasteiger partial charge is 0.548 e. The molecule has 0 aromatic heterocycles. The Morgan fingerprint density at radius 3 is 1.39 bits per heavy atom. The maximum absolute atomic E-state index is 10.0. The molecule has 0 radical (unpaired) electrons. The summed E-state index contributed by atoms with van der Waals surface area (Å²) < 4.78 is 0. The zero-order chi connectivity index (χ0) is 22.5. The third-order valence-electron chi connectivity index (χ3n) is 3.46. The fourth-order valence-corrected chi connectivity index (χ4v) is 2.05. The first-order valence-electron chi connectivity index (χ1n) is 8.57. The molecule has 0 fully saturated rings. The van der Waals surface area contributed by atoms with Crippen LogP contribution in [0.3, 0.4) is 0 Å². The molecule has 0 saturated heterocycles. The molecule has 0 bridgehead atoms. The largest absolute Gasteiger partial charge is 2.00 e. The summed E-state index contributed by atoms with van der Waals surface area (Å²) >= 11 is 0. The molecule has 0 aliphatic rings. The molecule has 10 nitrogen and oxygen atoms in total. The van der Waals surface area contributed by atoms with E-state index in [-0.39, 0.29) is 42.5 Å². The second kappa shape index (κ2) is 14.5. The van der Waals surface area contributed by atoms with E-state index < -0.39 is 25.0 Å². The monoisotopic (exact) mass is 480 g/mol. The molecule has 0 unspecified atom stereocenters. The molecule has 0 atom stereocenters. The summed E-state index contributed by atoms with van der Waals surface area (Å²) in [6.07, 6.45) is 3.36. The van der Waals surface area contributed by atoms with Crippen LogP contribution in [0.25, 0.3) is 0 Å². The minimum atomic E-state index is -1.25. The summed E-state index contributed by atoms with van der Waals surface area (Å²) in [5.74, 6) is -2.64. The summed E-state index contributed by atoms with van der Waals surface area (Å²) in [5.41, 5.74) is 1.13. The Morgan fingerprint density at radius 1 is 0.742 bits per heavy atom. The normalized spacial score (nSPS) is 10.3. The number of carbonyl (C=O) groups is 2. The summed E-state index contributed by atoms with van der Waals surface area (Å²) in [5, 5.41) is 56.7. The van der Waals surface area contributed by atoms with Gasteiger partial charge in [-0.2, -0.15) is 0 Å². The fourth-order valence-electron chi connectivity index (χ4n) is 2.05. The van der Waals surface area contributed by atoms with Gasteiger partial charge in [-0.15, -0.1) is 0 Å². The maximum Gasteiger partial charge on any atom is 2.00 e. The number of benzene rings is 2. The van der Waals surface area contributed by atoms with Crippen LogP contribution in [-0.2, 0) is 41.9 Å². The first-order chi connectivity index (χ1) is 14.2. The van der Waals surface area contributed by atoms with Crippen molar-refractivity contribution in [3.8, 4) is 23.0 Å². The van der Waals surface area contributed by atoms with Crippen LogP contribution in [0.1, 0.15) is 11.1 Å². The van der Waals surface area contributed by atoms with E-state index in [0.717, 1.165) is 0 Å². The summed E-state index contributed by atoms with van der Waals surface area (Å²) in [4.78, 5) is 27.2. The number of nitrogens with zero attached hydrogens (tertiary/aromatic N) is 2. The molecule has 0 amide bonds. The van der Waals surface area contributed by atoms with Crippen molar-refractivity contribution in [1.82, 2.24) is 0 Å². The topological polar surface area (TPSA) is 186 Å². The van der Waals surface area contributed by atoms with Gasteiger partial charge in [-0.3, -0.25) is 9.98 Å². The Morgan fingerprint density at radius 2 is 1.10 bits per heavy atom. The molecule has 160 valence electrons. The number of phenols is 4. The molecular weight excluding hydrogens is 462 g/mol. The standard InChI is InChI=1S/2C10H11NO4.Zn/c2*12-8-2-1-7(9(13)5-8)3-4-11-6-10(14)15;/h2*1-2,4-5,12-13H,3,6H2,(H,14,15);/q;;+2/p-2. The van der Waals surface area contributed by atoms with Gasteiger partial charge < -0.3 is 40.2 Å². The average Bonchev–Trinajstić information content (AvgIpc) is 2.65. The van der Waals surface area contributed by atoms with Gasteiger partial charge in [0.25, 0.3) is 0 Å². The Hall–Kier alpha value is -3.46. The average molecular weight is 482 g/mol. The van der Waals surface area contributed by atoms with Crippen LogP contribution in [-0.4, -0.2) is 57.9 Å². The van der Waals surface area contributed by atoms with E-state index in [1.54, 1.807) is 0 Å². The van der Waals surface area contributed by atoms with Gasteiger partial charge in [0.05, 0.1) is 25.0 Å². The van der Waals surface area contributed by atoms with Gasteiger partial charge in [0, 0.05) is 37.4 Å². The Labute approximate surface area is 190 Å². The summed E-state index contributed by atoms with van der Waals surface area (Å²) in [7, 11) is 0. The molecule has 0 heterocycles. The van der Waals surface area contributed by atoms with Gasteiger partial charge in [0.15, 0.2) is 0 Å². The van der Waals surface area contributed by atoms with Crippen molar-refractivity contribution >= 4 is 24.4 Å². The van der Waals surface area contributed by atoms with Gasteiger partial charge in [-0.25, -0.2) is 0 Å². The molecule has 31 heavy (non-hydrogen) atoms. The Balaban J connectivity index is 0.000000562. The van der Waals surface area contributed by atoms with Gasteiger partial charge in [-0.05, 0) is 23.3 Å². The van der Waals surface area contributed by atoms with Gasteiger partial charge in [0.1, 0.15) is 23.0 Å². The Bertz CT molecular complexity index is 856. The third-order valence-corrected chi connectivity index (χ3v) is 3.46. The van der Waals surface area contributed by atoms with Crippen molar-refractivity contribution in [2.75, 3.05) is 13.1 Å². The zero-order valence-electron chi connectivity index (χ0n) is 16.5. The molecule has 11 heteroatoms. The minimum Gasteiger partial charge on any atom is -0.548 e. The quantitative estimate of drug-likeness (QED) is 0.271. The van der Waals surface area contributed by atoms with Crippen LogP contribution in [0.4, 0.5) is 0 Å². The minimum absolute atomic E-state index is 0. The number of phenolic OH excluding ortho intramolecular Hbond substituents is 4. The van der Waals surface area contributed by atoms with Crippen molar-refractivity contribution in [3.05, 3.63) is 47.5 Å². The first kappa shape index (κ1) is 27.5. The maximum atomic E-state index is 10.0. The van der Waals surface area contributed by atoms with Crippen molar-refractivity contribution in [2.45, 2.75) is 12.8 Å². The zero-order valence-corrected chi connectivity index (χ0v) is 19.4. The molecule has 0 spiro atoms. The van der Waals surface area contributed by atoms with E-state index in [0.29, 0.717) is 24.0 Å². The summed E-state index contributed by atoms with van der Waals surface area (Å²) in [6, 6.07) is 8.36. The predicted octanol–water partition coefficient (Wildman–Crippen LogP) is -1.08. The predicted molar refractivity (Wildman–Crippen MR) is 104 cm³/mol. The van der Waals surface area contributed by atoms with Crippen LogP contribution in [0.5, 0.6) is 23.0 Å². The second-order valence-corrected chi connectivity index (χ2v) is 5.82. The molecular formula is C20H20N2O8Zn. The molecule has 2 rings (SSSR count). The van der Waals surface area contributed by atoms with E-state index in [4.69, 9.17) is 10.2 Å².